The fourth-order valence-corrected chi connectivity index (χ4v) is 2.91. The van der Waals surface area contributed by atoms with Crippen LogP contribution in [0.2, 0.25) is 0 Å². The highest BCUT2D eigenvalue weighted by atomic mass is 32.1. The Balaban J connectivity index is 1.89. The second kappa shape index (κ2) is 6.67. The molecule has 2 aromatic heterocycles. The van der Waals surface area contributed by atoms with Gasteiger partial charge in [0, 0.05) is 0 Å². The maximum absolute atomic E-state index is 13.3. The van der Waals surface area contributed by atoms with Crippen LogP contribution in [0.25, 0.3) is 10.6 Å². The molecule has 0 fully saturated rings. The number of carbonyl (C=O) groups excluding carboxylic acids is 1. The molecule has 0 radical (unpaired) electrons. The minimum atomic E-state index is -4.76. The van der Waals surface area contributed by atoms with Gasteiger partial charge in [-0.2, -0.15) is 13.2 Å². The van der Waals surface area contributed by atoms with Crippen molar-refractivity contribution in [2.45, 2.75) is 12.2 Å². The molecule has 3 aromatic rings. The standard InChI is InChI=1S/C16H10F4N2O2S/c17-10-5-3-9(4-6-10)14(16(18,19)20)22-15(23)12-13(24-8-21-12)11-2-1-7-25-11/h1-8,14H,(H,22,23). The van der Waals surface area contributed by atoms with E-state index in [-0.39, 0.29) is 17.0 Å². The molecule has 1 amide bonds. The number of carbonyl (C=O) groups is 1. The molecule has 3 rings (SSSR count). The van der Waals surface area contributed by atoms with E-state index in [1.807, 2.05) is 5.32 Å². The highest BCUT2D eigenvalue weighted by Gasteiger charge is 2.42. The second-order valence-electron chi connectivity index (χ2n) is 5.01. The number of nitrogens with zero attached hydrogens (tertiary/aromatic N) is 1. The van der Waals surface area contributed by atoms with E-state index in [2.05, 4.69) is 4.98 Å². The Morgan fingerprint density at radius 1 is 1.20 bits per heavy atom. The van der Waals surface area contributed by atoms with Crippen molar-refractivity contribution in [2.24, 2.45) is 0 Å². The van der Waals surface area contributed by atoms with Crippen LogP contribution in [-0.4, -0.2) is 17.1 Å². The van der Waals surface area contributed by atoms with Crippen molar-refractivity contribution in [3.8, 4) is 10.6 Å². The molecule has 0 spiro atoms. The zero-order valence-corrected chi connectivity index (χ0v) is 13.2. The lowest BCUT2D eigenvalue weighted by Gasteiger charge is -2.21. The first kappa shape index (κ1) is 17.2. The van der Waals surface area contributed by atoms with E-state index in [9.17, 15) is 22.4 Å². The summed E-state index contributed by atoms with van der Waals surface area (Å²) < 4.78 is 58.1. The van der Waals surface area contributed by atoms with Gasteiger partial charge in [0.05, 0.1) is 4.88 Å². The van der Waals surface area contributed by atoms with E-state index in [1.54, 1.807) is 17.5 Å². The van der Waals surface area contributed by atoms with Crippen LogP contribution in [0.4, 0.5) is 17.6 Å². The summed E-state index contributed by atoms with van der Waals surface area (Å²) in [5.41, 5.74) is -0.540. The van der Waals surface area contributed by atoms with Crippen LogP contribution in [0, 0.1) is 5.82 Å². The Hall–Kier alpha value is -2.68. The lowest BCUT2D eigenvalue weighted by atomic mass is 10.1. The number of aromatic nitrogens is 1. The maximum Gasteiger partial charge on any atom is 0.412 e. The zero-order valence-electron chi connectivity index (χ0n) is 12.4. The summed E-state index contributed by atoms with van der Waals surface area (Å²) in [5.74, 6) is -1.62. The average Bonchev–Trinajstić information content (AvgIpc) is 3.23. The van der Waals surface area contributed by atoms with Crippen LogP contribution < -0.4 is 5.32 Å². The quantitative estimate of drug-likeness (QED) is 0.684. The Labute approximate surface area is 143 Å². The first-order chi connectivity index (χ1) is 11.9. The molecular formula is C16H10F4N2O2S. The molecular weight excluding hydrogens is 360 g/mol. The number of alkyl halides is 3. The normalized spacial score (nSPS) is 12.8. The molecule has 0 saturated heterocycles. The third-order valence-corrected chi connectivity index (χ3v) is 4.20. The Kier molecular flexibility index (Phi) is 4.58. The minimum Gasteiger partial charge on any atom is -0.442 e. The van der Waals surface area contributed by atoms with Crippen molar-refractivity contribution in [3.05, 3.63) is 65.2 Å². The van der Waals surface area contributed by atoms with Gasteiger partial charge in [-0.25, -0.2) is 9.37 Å². The smallest absolute Gasteiger partial charge is 0.412 e. The van der Waals surface area contributed by atoms with Gasteiger partial charge in [0.25, 0.3) is 5.91 Å². The van der Waals surface area contributed by atoms with E-state index < -0.39 is 23.9 Å². The molecule has 0 aliphatic heterocycles. The monoisotopic (exact) mass is 370 g/mol. The highest BCUT2D eigenvalue weighted by Crippen LogP contribution is 2.34. The van der Waals surface area contributed by atoms with Gasteiger partial charge in [0.15, 0.2) is 23.9 Å². The summed E-state index contributed by atoms with van der Waals surface area (Å²) in [6.07, 6.45) is -3.77. The third-order valence-electron chi connectivity index (χ3n) is 3.33. The van der Waals surface area contributed by atoms with E-state index in [4.69, 9.17) is 4.42 Å². The number of halogens is 4. The van der Waals surface area contributed by atoms with E-state index in [1.165, 1.54) is 11.3 Å². The van der Waals surface area contributed by atoms with Crippen LogP contribution >= 0.6 is 11.3 Å². The van der Waals surface area contributed by atoms with Crippen molar-refractivity contribution in [2.75, 3.05) is 0 Å². The van der Waals surface area contributed by atoms with Crippen LogP contribution in [-0.2, 0) is 0 Å². The van der Waals surface area contributed by atoms with E-state index in [0.29, 0.717) is 4.88 Å². The number of hydrogen-bond donors (Lipinski definition) is 1. The Morgan fingerprint density at radius 3 is 2.52 bits per heavy atom. The number of oxazole rings is 1. The van der Waals surface area contributed by atoms with Gasteiger partial charge < -0.3 is 9.73 Å². The number of hydrogen-bond acceptors (Lipinski definition) is 4. The van der Waals surface area contributed by atoms with Gasteiger partial charge in [-0.3, -0.25) is 4.79 Å². The molecule has 1 unspecified atom stereocenters. The lowest BCUT2D eigenvalue weighted by Crippen LogP contribution is -2.38. The van der Waals surface area contributed by atoms with Gasteiger partial charge in [-0.1, -0.05) is 18.2 Å². The summed E-state index contributed by atoms with van der Waals surface area (Å²) in [5, 5.41) is 3.63. The summed E-state index contributed by atoms with van der Waals surface area (Å²) in [6.45, 7) is 0. The number of amides is 1. The maximum atomic E-state index is 13.3. The lowest BCUT2D eigenvalue weighted by molar-refractivity contribution is -0.155. The van der Waals surface area contributed by atoms with Crippen LogP contribution in [0.3, 0.4) is 0 Å². The number of benzene rings is 1. The molecule has 2 heterocycles. The Bertz CT molecular complexity index is 857. The van der Waals surface area contributed by atoms with E-state index >= 15 is 0 Å². The first-order valence-electron chi connectivity index (χ1n) is 6.96. The van der Waals surface area contributed by atoms with Crippen molar-refractivity contribution in [3.63, 3.8) is 0 Å². The first-order valence-corrected chi connectivity index (χ1v) is 7.84. The fraction of sp³-hybridized carbons (Fsp3) is 0.125. The number of thiophene rings is 1. The number of nitrogens with one attached hydrogen (secondary N) is 1. The molecule has 0 saturated carbocycles. The van der Waals surface area contributed by atoms with Crippen LogP contribution in [0.5, 0.6) is 0 Å². The minimum absolute atomic E-state index is 0.0903. The summed E-state index contributed by atoms with van der Waals surface area (Å²) in [7, 11) is 0. The molecule has 4 nitrogen and oxygen atoms in total. The van der Waals surface area contributed by atoms with Crippen molar-refractivity contribution in [1.29, 1.82) is 0 Å². The second-order valence-corrected chi connectivity index (χ2v) is 5.95. The van der Waals surface area contributed by atoms with E-state index in [0.717, 1.165) is 30.7 Å². The largest absolute Gasteiger partial charge is 0.442 e. The highest BCUT2D eigenvalue weighted by molar-refractivity contribution is 7.13. The molecule has 0 aliphatic carbocycles. The fourth-order valence-electron chi connectivity index (χ4n) is 2.20. The van der Waals surface area contributed by atoms with Gasteiger partial charge in [-0.15, -0.1) is 11.3 Å². The van der Waals surface area contributed by atoms with Gasteiger partial charge >= 0.3 is 6.18 Å². The topological polar surface area (TPSA) is 55.1 Å². The van der Waals surface area contributed by atoms with Crippen molar-refractivity contribution >= 4 is 17.2 Å². The summed E-state index contributed by atoms with van der Waals surface area (Å²) >= 11 is 1.26. The molecule has 1 aromatic carbocycles. The van der Waals surface area contributed by atoms with Gasteiger partial charge in [0.1, 0.15) is 5.82 Å². The van der Waals surface area contributed by atoms with Gasteiger partial charge in [0.2, 0.25) is 0 Å². The molecule has 1 N–H and O–H groups in total. The predicted molar refractivity (Wildman–Crippen MR) is 82.5 cm³/mol. The molecule has 0 aliphatic rings. The molecule has 25 heavy (non-hydrogen) atoms. The van der Waals surface area contributed by atoms with Crippen molar-refractivity contribution in [1.82, 2.24) is 10.3 Å². The Morgan fingerprint density at radius 2 is 1.92 bits per heavy atom. The van der Waals surface area contributed by atoms with Crippen LogP contribution in [0.15, 0.2) is 52.6 Å². The summed E-state index contributed by atoms with van der Waals surface area (Å²) in [4.78, 5) is 16.6. The predicted octanol–water partition coefficient (Wildman–Crippen LogP) is 4.58. The number of rotatable bonds is 4. The van der Waals surface area contributed by atoms with Crippen LogP contribution in [0.1, 0.15) is 22.1 Å². The third kappa shape index (κ3) is 3.71. The SMILES string of the molecule is O=C(NC(c1ccc(F)cc1)C(F)(F)F)c1ncoc1-c1cccs1. The molecule has 0 bridgehead atoms. The average molecular weight is 370 g/mol. The molecule has 9 heteroatoms. The zero-order chi connectivity index (χ0) is 18.0. The summed E-state index contributed by atoms with van der Waals surface area (Å²) in [6, 6.07) is 4.80. The van der Waals surface area contributed by atoms with Crippen molar-refractivity contribution < 1.29 is 26.8 Å². The van der Waals surface area contributed by atoms with Gasteiger partial charge in [-0.05, 0) is 29.1 Å². The molecule has 1 atom stereocenters. The molecule has 130 valence electrons.